The van der Waals surface area contributed by atoms with Crippen molar-refractivity contribution in [3.05, 3.63) is 156 Å². The summed E-state index contributed by atoms with van der Waals surface area (Å²) in [4.78, 5) is 45.9. The first-order valence-corrected chi connectivity index (χ1v) is 18.2. The number of aliphatic hydroxyl groups is 1. The Balaban J connectivity index is 1.42. The van der Waals surface area contributed by atoms with Crippen LogP contribution >= 0.6 is 0 Å². The minimum Gasteiger partial charge on any atom is -0.493 e. The summed E-state index contributed by atoms with van der Waals surface area (Å²) in [6.07, 6.45) is 1.16. The molecule has 1 aromatic heterocycles. The number of fused-ring (bicyclic) bond motifs is 3. The highest BCUT2D eigenvalue weighted by Crippen LogP contribution is 2.48. The van der Waals surface area contributed by atoms with E-state index in [1.165, 1.54) is 19.1 Å². The Hall–Kier alpha value is -6.26. The van der Waals surface area contributed by atoms with Gasteiger partial charge < -0.3 is 23.9 Å². The van der Waals surface area contributed by atoms with Gasteiger partial charge in [-0.15, -0.1) is 6.58 Å². The van der Waals surface area contributed by atoms with Gasteiger partial charge in [0.1, 0.15) is 29.0 Å². The molecule has 0 aliphatic carbocycles. The van der Waals surface area contributed by atoms with Gasteiger partial charge in [-0.25, -0.2) is 4.39 Å². The van der Waals surface area contributed by atoms with E-state index in [1.807, 2.05) is 66.7 Å². The highest BCUT2D eigenvalue weighted by atomic mass is 19.1. The van der Waals surface area contributed by atoms with Gasteiger partial charge in [-0.3, -0.25) is 19.3 Å². The van der Waals surface area contributed by atoms with Crippen molar-refractivity contribution in [1.82, 2.24) is 4.90 Å². The maximum atomic E-state index is 15.0. The van der Waals surface area contributed by atoms with Crippen molar-refractivity contribution in [3.8, 4) is 5.75 Å². The summed E-state index contributed by atoms with van der Waals surface area (Å²) < 4.78 is 32.3. The zero-order valence-corrected chi connectivity index (χ0v) is 30.4. The molecule has 5 aromatic carbocycles. The van der Waals surface area contributed by atoms with Crippen molar-refractivity contribution >= 4 is 45.2 Å². The van der Waals surface area contributed by atoms with Crippen LogP contribution in [0, 0.1) is 5.82 Å². The van der Waals surface area contributed by atoms with E-state index in [4.69, 9.17) is 13.9 Å². The number of esters is 1. The Morgan fingerprint density at radius 1 is 0.927 bits per heavy atom. The summed E-state index contributed by atoms with van der Waals surface area (Å²) in [6, 6.07) is 31.8. The standard InChI is InChI=1S/C45H41FN2O7/c1-3-9-41(54-29(2)50)44-43(47(42(51)24-30-14-18-35(46)19-15-30)28-37-26-33-12-6-7-13-40(33)55-37)38-27-36(53-23-8-22-49)20-21-39(38)48(44)45(52)34-17-16-31-10-4-5-11-32(31)25-34/h3-7,10-21,25-27,41,43-44,49H,1,8-9,22-24,28H2,2H3/t41?,43-,44+/m0/s1. The summed E-state index contributed by atoms with van der Waals surface area (Å²) in [6.45, 7) is 5.42. The summed E-state index contributed by atoms with van der Waals surface area (Å²) in [5.74, 6) is -0.710. The summed E-state index contributed by atoms with van der Waals surface area (Å²) in [5, 5.41) is 12.1. The van der Waals surface area contributed by atoms with Gasteiger partial charge in [0.15, 0.2) is 0 Å². The lowest BCUT2D eigenvalue weighted by Crippen LogP contribution is -2.53. The summed E-state index contributed by atoms with van der Waals surface area (Å²) >= 11 is 0. The topological polar surface area (TPSA) is 110 Å². The Morgan fingerprint density at radius 3 is 2.40 bits per heavy atom. The normalized spacial score (nSPS) is 15.4. The van der Waals surface area contributed by atoms with Gasteiger partial charge in [0, 0.05) is 42.9 Å². The molecule has 0 saturated heterocycles. The highest BCUT2D eigenvalue weighted by molar-refractivity contribution is 6.10. The molecular formula is C45H41FN2O7. The molecule has 0 saturated carbocycles. The van der Waals surface area contributed by atoms with Crippen molar-refractivity contribution in [2.75, 3.05) is 18.1 Å². The second-order valence-electron chi connectivity index (χ2n) is 13.6. The van der Waals surface area contributed by atoms with Crippen molar-refractivity contribution < 1.29 is 37.8 Å². The van der Waals surface area contributed by atoms with Gasteiger partial charge in [-0.05, 0) is 70.9 Å². The van der Waals surface area contributed by atoms with Gasteiger partial charge in [-0.1, -0.05) is 66.7 Å². The predicted octanol–water partition coefficient (Wildman–Crippen LogP) is 8.34. The number of carbonyl (C=O) groups is 3. The van der Waals surface area contributed by atoms with Crippen LogP contribution in [-0.2, 0) is 27.3 Å². The van der Waals surface area contributed by atoms with Crippen LogP contribution in [0.5, 0.6) is 5.75 Å². The lowest BCUT2D eigenvalue weighted by molar-refractivity contribution is -0.148. The minimum absolute atomic E-state index is 0.0101. The molecule has 1 aliphatic heterocycles. The van der Waals surface area contributed by atoms with Gasteiger partial charge in [0.25, 0.3) is 5.91 Å². The van der Waals surface area contributed by atoms with E-state index in [0.29, 0.717) is 45.9 Å². The SMILES string of the molecule is C=CCC(OC(C)=O)[C@@H]1[C@@H](N(Cc2cc3ccccc3o2)C(=O)Cc2ccc(F)cc2)c2cc(OCCCO)ccc2N1C(=O)c1ccc2ccccc2c1. The number of nitrogens with zero attached hydrogens (tertiary/aromatic N) is 2. The van der Waals surface area contributed by atoms with Crippen LogP contribution in [0.3, 0.4) is 0 Å². The third kappa shape index (κ3) is 8.00. The zero-order chi connectivity index (χ0) is 38.5. The number of furan rings is 1. The van der Waals surface area contributed by atoms with Gasteiger partial charge >= 0.3 is 5.97 Å². The van der Waals surface area contributed by atoms with Crippen LogP contribution < -0.4 is 9.64 Å². The Labute approximate surface area is 318 Å². The lowest BCUT2D eigenvalue weighted by Gasteiger charge is -2.39. The maximum Gasteiger partial charge on any atom is 0.302 e. The van der Waals surface area contributed by atoms with E-state index in [9.17, 15) is 19.1 Å². The molecule has 0 spiro atoms. The largest absolute Gasteiger partial charge is 0.493 e. The monoisotopic (exact) mass is 740 g/mol. The molecule has 6 aromatic rings. The fourth-order valence-electron chi connectivity index (χ4n) is 7.38. The smallest absolute Gasteiger partial charge is 0.302 e. The van der Waals surface area contributed by atoms with Crippen LogP contribution in [0.4, 0.5) is 10.1 Å². The van der Waals surface area contributed by atoms with E-state index in [-0.39, 0.29) is 44.4 Å². The maximum absolute atomic E-state index is 15.0. The first kappa shape index (κ1) is 37.1. The number of para-hydroxylation sites is 1. The first-order chi connectivity index (χ1) is 26.7. The molecule has 2 amide bonds. The number of halogens is 1. The number of aliphatic hydroxyl groups excluding tert-OH is 1. The molecule has 0 bridgehead atoms. The third-order valence-electron chi connectivity index (χ3n) is 9.81. The predicted molar refractivity (Wildman–Crippen MR) is 208 cm³/mol. The Kier molecular flexibility index (Phi) is 11.1. The van der Waals surface area contributed by atoms with Crippen molar-refractivity contribution in [2.45, 2.75) is 50.9 Å². The van der Waals surface area contributed by atoms with Gasteiger partial charge in [0.05, 0.1) is 37.3 Å². The Bertz CT molecular complexity index is 2320. The third-order valence-corrected chi connectivity index (χ3v) is 9.81. The number of ether oxygens (including phenoxy) is 2. The average Bonchev–Trinajstić information content (AvgIpc) is 3.75. The van der Waals surface area contributed by atoms with Crippen LogP contribution in [0.25, 0.3) is 21.7 Å². The molecule has 10 heteroatoms. The molecule has 0 radical (unpaired) electrons. The van der Waals surface area contributed by atoms with Gasteiger partial charge in [-0.2, -0.15) is 0 Å². The molecule has 3 atom stereocenters. The molecular weight excluding hydrogens is 699 g/mol. The first-order valence-electron chi connectivity index (χ1n) is 18.2. The number of anilines is 1. The minimum atomic E-state index is -0.940. The molecule has 55 heavy (non-hydrogen) atoms. The average molecular weight is 741 g/mol. The fourth-order valence-corrected chi connectivity index (χ4v) is 7.38. The van der Waals surface area contributed by atoms with Crippen LogP contribution in [0.15, 0.2) is 132 Å². The summed E-state index contributed by atoms with van der Waals surface area (Å²) in [7, 11) is 0. The number of amides is 2. The zero-order valence-electron chi connectivity index (χ0n) is 30.4. The van der Waals surface area contributed by atoms with Crippen LogP contribution in [0.2, 0.25) is 0 Å². The molecule has 9 nitrogen and oxygen atoms in total. The van der Waals surface area contributed by atoms with E-state index in [2.05, 4.69) is 6.58 Å². The quantitative estimate of drug-likeness (QED) is 0.0680. The molecule has 7 rings (SSSR count). The highest BCUT2D eigenvalue weighted by Gasteiger charge is 2.51. The number of rotatable bonds is 14. The van der Waals surface area contributed by atoms with Crippen molar-refractivity contribution in [2.24, 2.45) is 0 Å². The number of hydrogen-bond donors (Lipinski definition) is 1. The van der Waals surface area contributed by atoms with E-state index in [0.717, 1.165) is 16.2 Å². The lowest BCUT2D eigenvalue weighted by atomic mass is 9.93. The second-order valence-corrected chi connectivity index (χ2v) is 13.6. The summed E-state index contributed by atoms with van der Waals surface area (Å²) in [5.41, 5.74) is 2.73. The van der Waals surface area contributed by atoms with Crippen molar-refractivity contribution in [3.63, 3.8) is 0 Å². The fraction of sp³-hybridized carbons (Fsp3) is 0.222. The number of hydrogen-bond acceptors (Lipinski definition) is 7. The molecule has 1 aliphatic rings. The molecule has 280 valence electrons. The second kappa shape index (κ2) is 16.4. The van der Waals surface area contributed by atoms with Crippen LogP contribution in [0.1, 0.15) is 53.1 Å². The molecule has 0 fully saturated rings. The van der Waals surface area contributed by atoms with Gasteiger partial charge in [0.2, 0.25) is 5.91 Å². The molecule has 1 N–H and O–H groups in total. The Morgan fingerprint density at radius 2 is 1.67 bits per heavy atom. The van der Waals surface area contributed by atoms with Crippen molar-refractivity contribution in [1.29, 1.82) is 0 Å². The number of carbonyl (C=O) groups excluding carboxylic acids is 3. The number of benzene rings is 5. The van der Waals surface area contributed by atoms with E-state index < -0.39 is 30.0 Å². The molecule has 2 heterocycles. The van der Waals surface area contributed by atoms with E-state index >= 15 is 4.79 Å². The van der Waals surface area contributed by atoms with Crippen LogP contribution in [-0.4, -0.2) is 53.1 Å². The molecule has 1 unspecified atom stereocenters. The van der Waals surface area contributed by atoms with E-state index in [1.54, 1.807) is 52.3 Å².